The summed E-state index contributed by atoms with van der Waals surface area (Å²) in [7, 11) is 4.65. The highest BCUT2D eigenvalue weighted by Gasteiger charge is 2.56. The Hall–Kier alpha value is -4.60. The molecule has 1 saturated carbocycles. The Morgan fingerprint density at radius 2 is 1.49 bits per heavy atom. The van der Waals surface area contributed by atoms with Crippen molar-refractivity contribution in [3.8, 4) is 0 Å². The summed E-state index contributed by atoms with van der Waals surface area (Å²) in [6, 6.07) is 17.6. The molecule has 71 heavy (non-hydrogen) atoms. The zero-order valence-electron chi connectivity index (χ0n) is 43.0. The molecule has 4 aliphatic rings. The van der Waals surface area contributed by atoms with Crippen LogP contribution < -0.4 is 0 Å². The number of carbonyl (C=O) groups excluding carboxylic acids is 4. The Labute approximate surface area is 419 Å². The van der Waals surface area contributed by atoms with Crippen LogP contribution in [0, 0.1) is 29.6 Å². The Morgan fingerprint density at radius 1 is 0.817 bits per heavy atom. The average molecular weight is 980 g/mol. The summed E-state index contributed by atoms with van der Waals surface area (Å²) in [6.07, 6.45) is 7.06. The first-order valence-corrected chi connectivity index (χ1v) is 25.8. The summed E-state index contributed by atoms with van der Waals surface area (Å²) >= 11 is 0. The van der Waals surface area contributed by atoms with Gasteiger partial charge < -0.3 is 43.9 Å². The van der Waals surface area contributed by atoms with Crippen LogP contribution in [-0.4, -0.2) is 126 Å². The highest BCUT2D eigenvalue weighted by Crippen LogP contribution is 2.40. The molecule has 0 spiro atoms. The van der Waals surface area contributed by atoms with E-state index in [0.717, 1.165) is 32.7 Å². The first-order chi connectivity index (χ1) is 34.0. The van der Waals surface area contributed by atoms with Crippen LogP contribution in [0.4, 0.5) is 0 Å². The Balaban J connectivity index is 1.26. The molecule has 2 bridgehead atoms. The molecule has 1 aliphatic carbocycles. The number of carbonyl (C=O) groups is 4. The van der Waals surface area contributed by atoms with Gasteiger partial charge in [0.15, 0.2) is 0 Å². The maximum absolute atomic E-state index is 14.7. The van der Waals surface area contributed by atoms with E-state index in [4.69, 9.17) is 23.7 Å². The second kappa shape index (κ2) is 24.0. The summed E-state index contributed by atoms with van der Waals surface area (Å²) in [5, 5.41) is 39.5. The number of ether oxygens (including phenoxy) is 5. The Morgan fingerprint density at radius 3 is 2.21 bits per heavy atom. The van der Waals surface area contributed by atoms with E-state index in [1.807, 2.05) is 56.3 Å². The van der Waals surface area contributed by atoms with Crippen LogP contribution in [0.2, 0.25) is 0 Å². The van der Waals surface area contributed by atoms with Crippen LogP contribution in [0.3, 0.4) is 0 Å². The van der Waals surface area contributed by atoms with Crippen molar-refractivity contribution >= 4 is 51.1 Å². The van der Waals surface area contributed by atoms with Gasteiger partial charge >= 0.3 is 5.97 Å². The van der Waals surface area contributed by atoms with Gasteiger partial charge in [0.25, 0.3) is 11.7 Å². The number of Topliss-reactive ketones (excluding diaryl/α,β-unsaturated/α-hetero) is 2. The number of hydrogen-bond acceptors (Lipinski definition) is 12. The Kier molecular flexibility index (Phi) is 18.3. The molecule has 13 heteroatoms. The molecule has 3 fully saturated rings. The Bertz CT molecular complexity index is 2460. The van der Waals surface area contributed by atoms with Gasteiger partial charge in [0.05, 0.1) is 30.5 Å². The minimum absolute atomic E-state index is 0.0311. The fourth-order valence-corrected chi connectivity index (χ4v) is 11.8. The molecule has 0 aromatic heterocycles. The number of nitrogens with zero attached hydrogens (tertiary/aromatic N) is 1. The van der Waals surface area contributed by atoms with Crippen molar-refractivity contribution in [1.29, 1.82) is 0 Å². The molecular formula is C58H77NO12. The summed E-state index contributed by atoms with van der Waals surface area (Å²) in [6.45, 7) is 9.36. The van der Waals surface area contributed by atoms with Crippen molar-refractivity contribution in [1.82, 2.24) is 4.90 Å². The van der Waals surface area contributed by atoms with Crippen LogP contribution in [0.1, 0.15) is 111 Å². The monoisotopic (exact) mass is 980 g/mol. The lowest BCUT2D eigenvalue weighted by molar-refractivity contribution is -0.302. The van der Waals surface area contributed by atoms with Crippen molar-refractivity contribution in [2.24, 2.45) is 29.6 Å². The molecule has 7 rings (SSSR count). The fraction of sp³-hybridized carbons (Fsp3) is 0.586. The van der Waals surface area contributed by atoms with E-state index in [9.17, 15) is 34.5 Å². The fourth-order valence-electron chi connectivity index (χ4n) is 11.8. The zero-order chi connectivity index (χ0) is 51.1. The number of allylic oxidation sites excluding steroid dienone is 4. The molecule has 3 aromatic rings. The van der Waals surface area contributed by atoms with Crippen LogP contribution in [0.5, 0.6) is 0 Å². The van der Waals surface area contributed by atoms with Gasteiger partial charge in [-0.1, -0.05) is 99.2 Å². The number of ketones is 2. The first kappa shape index (κ1) is 54.2. The lowest BCUT2D eigenvalue weighted by atomic mass is 9.81. The maximum Gasteiger partial charge on any atom is 0.329 e. The molecule has 386 valence electrons. The largest absolute Gasteiger partial charge is 0.456 e. The number of rotatable bonds is 8. The van der Waals surface area contributed by atoms with Gasteiger partial charge in [0, 0.05) is 52.0 Å². The summed E-state index contributed by atoms with van der Waals surface area (Å²) in [4.78, 5) is 59.4. The molecule has 1 amide bonds. The van der Waals surface area contributed by atoms with Gasteiger partial charge in [-0.15, -0.1) is 0 Å². The number of aliphatic hydroxyl groups is 3. The number of methoxy groups -OCH3 is 3. The van der Waals surface area contributed by atoms with Crippen molar-refractivity contribution in [3.05, 3.63) is 89.5 Å². The molecule has 3 heterocycles. The lowest BCUT2D eigenvalue weighted by Gasteiger charge is -2.47. The van der Waals surface area contributed by atoms with Crippen LogP contribution >= 0.6 is 0 Å². The molecular weight excluding hydrogens is 903 g/mol. The van der Waals surface area contributed by atoms with Crippen molar-refractivity contribution in [2.75, 3.05) is 27.9 Å². The summed E-state index contributed by atoms with van der Waals surface area (Å²) in [5.41, 5.74) is 2.63. The molecule has 0 unspecified atom stereocenters. The zero-order valence-corrected chi connectivity index (χ0v) is 43.0. The topological polar surface area (TPSA) is 178 Å². The number of amides is 1. The standard InChI is InChI=1S/C58H77NO12/c1-34-26-35(2)28-51(68-7)54-52(69-8)30-37(4)58(66,71-54)55(63)56(64)59-25-14-13-22-46(59)57(65)70-53(36(3)29-39-23-24-47(60)50(31-39)67-6)38(5)48(61)33-49(62)42(27-34)18-15-17-41-32-40-16-9-10-19-43(40)45-21-12-11-20-44(41)45/h9-12,15-17,19-21,27,29,32,35,37-39,42,46-48,50-54,60-61,66H,13-14,18,22-26,28,30-31,33H2,1-8H3/b17-15+,34-27+,36-29+/t35-,37+,38+,39-,42+,46-,47+,48-,50+,51-,52-,53+,54+,58+/m0/s1. The minimum Gasteiger partial charge on any atom is -0.456 e. The number of aliphatic hydroxyl groups excluding tert-OH is 2. The molecule has 3 aliphatic heterocycles. The molecule has 3 aromatic carbocycles. The van der Waals surface area contributed by atoms with Crippen LogP contribution in [-0.2, 0) is 42.9 Å². The smallest absolute Gasteiger partial charge is 0.329 e. The predicted octanol–water partition coefficient (Wildman–Crippen LogP) is 8.47. The second-order valence-electron chi connectivity index (χ2n) is 21.1. The third-order valence-corrected chi connectivity index (χ3v) is 15.9. The van der Waals surface area contributed by atoms with Crippen molar-refractivity contribution in [3.63, 3.8) is 0 Å². The first-order valence-electron chi connectivity index (χ1n) is 25.8. The third-order valence-electron chi connectivity index (χ3n) is 15.9. The van der Waals surface area contributed by atoms with E-state index in [1.165, 1.54) is 19.1 Å². The number of hydrogen-bond donors (Lipinski definition) is 3. The highest BCUT2D eigenvalue weighted by molar-refractivity contribution is 6.39. The lowest BCUT2D eigenvalue weighted by Crippen LogP contribution is -2.64. The predicted molar refractivity (Wildman–Crippen MR) is 273 cm³/mol. The van der Waals surface area contributed by atoms with E-state index in [2.05, 4.69) is 43.3 Å². The van der Waals surface area contributed by atoms with Gasteiger partial charge in [-0.3, -0.25) is 14.4 Å². The molecule has 2 saturated heterocycles. The molecule has 3 N–H and O–H groups in total. The van der Waals surface area contributed by atoms with Gasteiger partial charge in [-0.2, -0.15) is 0 Å². The number of fused-ring (bicyclic) bond motifs is 6. The SMILES string of the molecule is CO[C@H]1C[C@@H](C)C/C(C)=C/[C@@H](C/C=C/c2cc3ccccc3c3ccccc23)C(=O)C[C@H](O)[C@@H](C)[C@@H](/C(C)=C/[C@@H]2CC[C@@H](O)[C@H](OC)C2)OC(=O)[C@@H]2CCCCN2C(=O)C(=O)[C@]2(O)O[C@H]1[C@@H](OC)C[C@H]2C. The van der Waals surface area contributed by atoms with E-state index in [1.54, 1.807) is 21.0 Å². The molecule has 0 radical (unpaired) electrons. The molecule has 13 nitrogen and oxygen atoms in total. The second-order valence-corrected chi connectivity index (χ2v) is 21.1. The summed E-state index contributed by atoms with van der Waals surface area (Å²) < 4.78 is 30.3. The van der Waals surface area contributed by atoms with Gasteiger partial charge in [-0.05, 0) is 129 Å². The van der Waals surface area contributed by atoms with E-state index in [0.29, 0.717) is 56.9 Å². The van der Waals surface area contributed by atoms with Gasteiger partial charge in [-0.25, -0.2) is 4.79 Å². The van der Waals surface area contributed by atoms with Crippen molar-refractivity contribution < 1.29 is 58.2 Å². The number of cyclic esters (lactones) is 1. The number of benzene rings is 3. The summed E-state index contributed by atoms with van der Waals surface area (Å²) in [5.74, 6) is -7.99. The average Bonchev–Trinajstić information content (AvgIpc) is 3.36. The number of piperidine rings is 1. The van der Waals surface area contributed by atoms with Gasteiger partial charge in [0.1, 0.15) is 24.0 Å². The highest BCUT2D eigenvalue weighted by atomic mass is 16.7. The van der Waals surface area contributed by atoms with Gasteiger partial charge in [0.2, 0.25) is 5.79 Å². The minimum atomic E-state index is -2.54. The van der Waals surface area contributed by atoms with E-state index in [-0.39, 0.29) is 49.5 Å². The van der Waals surface area contributed by atoms with E-state index >= 15 is 0 Å². The van der Waals surface area contributed by atoms with E-state index < -0.39 is 83.9 Å². The normalized spacial score (nSPS) is 35.5. The number of esters is 1. The molecule has 14 atom stereocenters. The van der Waals surface area contributed by atoms with Crippen molar-refractivity contribution in [2.45, 2.75) is 160 Å². The maximum atomic E-state index is 14.7. The third kappa shape index (κ3) is 12.3. The van der Waals surface area contributed by atoms with Crippen LogP contribution in [0.15, 0.2) is 84.0 Å². The van der Waals surface area contributed by atoms with Crippen LogP contribution in [0.25, 0.3) is 27.6 Å². The quantitative estimate of drug-likeness (QED) is 0.0851.